The van der Waals surface area contributed by atoms with E-state index in [4.69, 9.17) is 14.2 Å². The number of hydrogen-bond donors (Lipinski definition) is 3. The first-order chi connectivity index (χ1) is 17.5. The molecule has 0 amide bonds. The van der Waals surface area contributed by atoms with Crippen molar-refractivity contribution in [2.24, 2.45) is 0 Å². The zero-order valence-electron chi connectivity index (χ0n) is 21.2. The number of phenols is 3. The average molecular weight is 513 g/mol. The second-order valence-corrected chi connectivity index (χ2v) is 7.64. The van der Waals surface area contributed by atoms with Crippen LogP contribution in [0.3, 0.4) is 0 Å². The van der Waals surface area contributed by atoms with Crippen molar-refractivity contribution >= 4 is 17.5 Å². The molecule has 10 heteroatoms. The normalized spacial score (nSPS) is 10.0. The number of phenolic OH excluding ortho intramolecular Hbond substituents is 3. The standard InChI is InChI=1S/C18H18O7.C9H10O3/c1-9(19)10-5-12(16(20)14(7-10)23-2)13-6-11(18(22)25-4)8-15(24-3)17(13)21;1-6(10)7-3-4-8(11)9(5-7)12-2/h5-8,20-21H,1-4H3;3-5,11H,1-2H3. The van der Waals surface area contributed by atoms with Crippen LogP contribution in [0.2, 0.25) is 0 Å². The highest BCUT2D eigenvalue weighted by Gasteiger charge is 2.22. The summed E-state index contributed by atoms with van der Waals surface area (Å²) in [6, 6.07) is 9.94. The number of rotatable bonds is 7. The van der Waals surface area contributed by atoms with Crippen molar-refractivity contribution in [2.75, 3.05) is 28.4 Å². The Labute approximate surface area is 213 Å². The maximum absolute atomic E-state index is 11.9. The van der Waals surface area contributed by atoms with Crippen molar-refractivity contribution in [1.29, 1.82) is 0 Å². The zero-order valence-corrected chi connectivity index (χ0v) is 21.2. The SMILES string of the molecule is COC(=O)c1cc(OC)c(O)c(-c2cc(C(C)=O)cc(OC)c2O)c1.COc1cc(C(C)=O)ccc1O. The number of hydrogen-bond acceptors (Lipinski definition) is 10. The number of methoxy groups -OCH3 is 4. The van der Waals surface area contributed by atoms with Gasteiger partial charge in [0.2, 0.25) is 0 Å². The highest BCUT2D eigenvalue weighted by molar-refractivity contribution is 5.99. The molecule has 0 bridgehead atoms. The third kappa shape index (κ3) is 6.49. The summed E-state index contributed by atoms with van der Waals surface area (Å²) >= 11 is 0. The highest BCUT2D eigenvalue weighted by atomic mass is 16.5. The van der Waals surface area contributed by atoms with Gasteiger partial charge in [-0.25, -0.2) is 4.79 Å². The maximum atomic E-state index is 11.9. The molecule has 0 atom stereocenters. The van der Waals surface area contributed by atoms with Crippen LogP contribution in [0.15, 0.2) is 42.5 Å². The molecule has 0 heterocycles. The van der Waals surface area contributed by atoms with Crippen molar-refractivity contribution in [3.8, 4) is 45.6 Å². The first kappa shape index (κ1) is 28.5. The Balaban J connectivity index is 0.000000335. The molecule has 0 aliphatic carbocycles. The fourth-order valence-corrected chi connectivity index (χ4v) is 3.27. The molecule has 196 valence electrons. The van der Waals surface area contributed by atoms with Crippen LogP contribution in [0.25, 0.3) is 11.1 Å². The van der Waals surface area contributed by atoms with Gasteiger partial charge >= 0.3 is 5.97 Å². The third-order valence-electron chi connectivity index (χ3n) is 5.29. The fraction of sp³-hybridized carbons (Fsp3) is 0.222. The lowest BCUT2D eigenvalue weighted by Gasteiger charge is -2.15. The van der Waals surface area contributed by atoms with Crippen LogP contribution < -0.4 is 14.2 Å². The van der Waals surface area contributed by atoms with E-state index in [1.165, 1.54) is 78.7 Å². The summed E-state index contributed by atoms with van der Waals surface area (Å²) in [4.78, 5) is 34.5. The molecule has 0 aliphatic heterocycles. The Morgan fingerprint density at radius 2 is 1.03 bits per heavy atom. The molecule has 3 rings (SSSR count). The summed E-state index contributed by atoms with van der Waals surface area (Å²) < 4.78 is 19.7. The highest BCUT2D eigenvalue weighted by Crippen LogP contribution is 2.45. The zero-order chi connectivity index (χ0) is 27.9. The summed E-state index contributed by atoms with van der Waals surface area (Å²) in [6.07, 6.45) is 0. The second-order valence-electron chi connectivity index (χ2n) is 7.64. The van der Waals surface area contributed by atoms with Crippen molar-refractivity contribution < 1.29 is 48.7 Å². The molecular formula is C27H28O10. The molecule has 0 aromatic heterocycles. The van der Waals surface area contributed by atoms with Crippen LogP contribution in [0, 0.1) is 0 Å². The van der Waals surface area contributed by atoms with E-state index in [-0.39, 0.29) is 62.6 Å². The van der Waals surface area contributed by atoms with E-state index in [2.05, 4.69) is 4.74 Å². The number of aromatic hydroxyl groups is 3. The summed E-state index contributed by atoms with van der Waals surface area (Å²) in [5.41, 5.74) is 1.12. The Morgan fingerprint density at radius 1 is 0.595 bits per heavy atom. The minimum absolute atomic E-state index is 0.0181. The predicted molar refractivity (Wildman–Crippen MR) is 134 cm³/mol. The van der Waals surface area contributed by atoms with Gasteiger partial charge in [-0.05, 0) is 56.3 Å². The van der Waals surface area contributed by atoms with Crippen LogP contribution >= 0.6 is 0 Å². The van der Waals surface area contributed by atoms with Gasteiger partial charge in [0.1, 0.15) is 0 Å². The molecule has 0 radical (unpaired) electrons. The van der Waals surface area contributed by atoms with Gasteiger partial charge in [-0.3, -0.25) is 9.59 Å². The molecule has 3 aromatic carbocycles. The molecule has 3 N–H and O–H groups in total. The Hall–Kier alpha value is -4.73. The van der Waals surface area contributed by atoms with Gasteiger partial charge in [0.05, 0.1) is 34.0 Å². The molecule has 10 nitrogen and oxygen atoms in total. The number of esters is 1. The van der Waals surface area contributed by atoms with Crippen LogP contribution in [0.4, 0.5) is 0 Å². The minimum Gasteiger partial charge on any atom is -0.504 e. The number of carbonyl (C=O) groups is 3. The summed E-state index contributed by atoms with van der Waals surface area (Å²) in [6.45, 7) is 2.83. The van der Waals surface area contributed by atoms with Crippen molar-refractivity contribution in [1.82, 2.24) is 0 Å². The lowest BCUT2D eigenvalue weighted by molar-refractivity contribution is 0.0600. The molecule has 0 saturated heterocycles. The van der Waals surface area contributed by atoms with Crippen LogP contribution in [-0.4, -0.2) is 61.3 Å². The molecular weight excluding hydrogens is 484 g/mol. The smallest absolute Gasteiger partial charge is 0.338 e. The van der Waals surface area contributed by atoms with E-state index < -0.39 is 5.97 Å². The van der Waals surface area contributed by atoms with Crippen molar-refractivity contribution in [3.05, 3.63) is 59.2 Å². The molecule has 0 fully saturated rings. The lowest BCUT2D eigenvalue weighted by Crippen LogP contribution is -2.03. The molecule has 3 aromatic rings. The largest absolute Gasteiger partial charge is 0.504 e. The first-order valence-corrected chi connectivity index (χ1v) is 10.8. The minimum atomic E-state index is -0.645. The predicted octanol–water partition coefficient (Wildman–Crippen LogP) is 4.37. The van der Waals surface area contributed by atoms with E-state index in [0.29, 0.717) is 11.3 Å². The van der Waals surface area contributed by atoms with Gasteiger partial charge in [-0.1, -0.05) is 0 Å². The number of ketones is 2. The fourth-order valence-electron chi connectivity index (χ4n) is 3.27. The maximum Gasteiger partial charge on any atom is 0.338 e. The number of benzene rings is 3. The number of Topliss-reactive ketones (excluding diaryl/α,β-unsaturated/α-hetero) is 2. The van der Waals surface area contributed by atoms with E-state index in [1.54, 1.807) is 6.07 Å². The summed E-state index contributed by atoms with van der Waals surface area (Å²) in [7, 11) is 5.33. The number of ether oxygens (including phenoxy) is 4. The lowest BCUT2D eigenvalue weighted by atomic mass is 9.96. The van der Waals surface area contributed by atoms with Gasteiger partial charge in [-0.2, -0.15) is 0 Å². The first-order valence-electron chi connectivity index (χ1n) is 10.8. The summed E-state index contributed by atoms with van der Waals surface area (Å²) in [5.74, 6) is -1.09. The van der Waals surface area contributed by atoms with E-state index in [1.807, 2.05) is 0 Å². The summed E-state index contributed by atoms with van der Waals surface area (Å²) in [5, 5.41) is 30.0. The van der Waals surface area contributed by atoms with Crippen LogP contribution in [0.5, 0.6) is 34.5 Å². The van der Waals surface area contributed by atoms with Crippen LogP contribution in [-0.2, 0) is 4.74 Å². The molecule has 0 unspecified atom stereocenters. The average Bonchev–Trinajstić information content (AvgIpc) is 2.89. The van der Waals surface area contributed by atoms with Gasteiger partial charge in [0.15, 0.2) is 46.1 Å². The monoisotopic (exact) mass is 512 g/mol. The van der Waals surface area contributed by atoms with Gasteiger partial charge in [0.25, 0.3) is 0 Å². The third-order valence-corrected chi connectivity index (χ3v) is 5.29. The Kier molecular flexibility index (Phi) is 9.47. The van der Waals surface area contributed by atoms with E-state index in [0.717, 1.165) is 0 Å². The van der Waals surface area contributed by atoms with Crippen molar-refractivity contribution in [2.45, 2.75) is 13.8 Å². The molecule has 0 spiro atoms. The topological polar surface area (TPSA) is 149 Å². The molecule has 0 aliphatic rings. The molecule has 0 saturated carbocycles. The van der Waals surface area contributed by atoms with Crippen molar-refractivity contribution in [3.63, 3.8) is 0 Å². The molecule has 37 heavy (non-hydrogen) atoms. The second kappa shape index (κ2) is 12.3. The van der Waals surface area contributed by atoms with Crippen LogP contribution in [0.1, 0.15) is 44.9 Å². The van der Waals surface area contributed by atoms with E-state index in [9.17, 15) is 29.7 Å². The van der Waals surface area contributed by atoms with E-state index >= 15 is 0 Å². The Bertz CT molecular complexity index is 1330. The number of carbonyl (C=O) groups excluding carboxylic acids is 3. The quantitative estimate of drug-likeness (QED) is 0.308. The van der Waals surface area contributed by atoms with Gasteiger partial charge in [0, 0.05) is 22.3 Å². The van der Waals surface area contributed by atoms with Gasteiger partial charge in [-0.15, -0.1) is 0 Å². The Morgan fingerprint density at radius 3 is 1.46 bits per heavy atom. The van der Waals surface area contributed by atoms with Gasteiger partial charge < -0.3 is 34.3 Å².